The smallest absolute Gasteiger partial charge is 0.250 e. The van der Waals surface area contributed by atoms with E-state index >= 15 is 0 Å². The Hall–Kier alpha value is -3.37. The van der Waals surface area contributed by atoms with Crippen LogP contribution in [0.3, 0.4) is 0 Å². The molecule has 10 heteroatoms. The second-order valence-corrected chi connectivity index (χ2v) is 9.16. The van der Waals surface area contributed by atoms with Gasteiger partial charge >= 0.3 is 0 Å². The molecule has 1 aromatic heterocycles. The van der Waals surface area contributed by atoms with Crippen LogP contribution < -0.4 is 20.1 Å². The minimum Gasteiger partial charge on any atom is -0.454 e. The van der Waals surface area contributed by atoms with Gasteiger partial charge in [-0.05, 0) is 54.8 Å². The first kappa shape index (κ1) is 21.8. The third-order valence-corrected chi connectivity index (χ3v) is 6.43. The summed E-state index contributed by atoms with van der Waals surface area (Å²) in [5.41, 5.74) is 3.70. The van der Waals surface area contributed by atoms with Crippen LogP contribution in [0.2, 0.25) is 0 Å². The molecule has 2 N–H and O–H groups in total. The van der Waals surface area contributed by atoms with Crippen molar-refractivity contribution in [3.63, 3.8) is 0 Å². The largest absolute Gasteiger partial charge is 0.454 e. The van der Waals surface area contributed by atoms with E-state index in [0.29, 0.717) is 21.0 Å². The number of amides is 2. The summed E-state index contributed by atoms with van der Waals surface area (Å²) in [6, 6.07) is 11.3. The summed E-state index contributed by atoms with van der Waals surface area (Å²) in [7, 11) is 0. The van der Waals surface area contributed by atoms with E-state index in [4.69, 9.17) is 9.47 Å². The number of nitrogens with one attached hydrogen (secondary N) is 2. The highest BCUT2D eigenvalue weighted by atomic mass is 32.2. The molecule has 0 atom stereocenters. The van der Waals surface area contributed by atoms with E-state index in [0.717, 1.165) is 22.4 Å². The van der Waals surface area contributed by atoms with Crippen molar-refractivity contribution in [2.24, 2.45) is 0 Å². The van der Waals surface area contributed by atoms with Crippen LogP contribution in [0.25, 0.3) is 6.08 Å². The number of nitrogens with zero attached hydrogens (tertiary/aromatic N) is 2. The number of benzene rings is 2. The Kier molecular flexibility index (Phi) is 6.72. The fourth-order valence-corrected chi connectivity index (χ4v) is 4.39. The minimum absolute atomic E-state index is 0.129. The number of hydrogen-bond acceptors (Lipinski definition) is 8. The number of ether oxygens (including phenoxy) is 2. The Morgan fingerprint density at radius 2 is 1.94 bits per heavy atom. The average molecular weight is 469 g/mol. The summed E-state index contributed by atoms with van der Waals surface area (Å²) in [4.78, 5) is 24.4. The molecule has 32 heavy (non-hydrogen) atoms. The number of rotatable bonds is 7. The third kappa shape index (κ3) is 5.65. The average Bonchev–Trinajstić information content (AvgIpc) is 3.42. The van der Waals surface area contributed by atoms with E-state index in [2.05, 4.69) is 20.8 Å². The normalized spacial score (nSPS) is 12.2. The number of carbonyl (C=O) groups excluding carboxylic acids is 2. The molecule has 0 aliphatic carbocycles. The molecule has 2 aromatic carbocycles. The van der Waals surface area contributed by atoms with Crippen molar-refractivity contribution in [1.29, 1.82) is 0 Å². The molecule has 8 nitrogen and oxygen atoms in total. The summed E-state index contributed by atoms with van der Waals surface area (Å²) in [5.74, 6) is 1.08. The van der Waals surface area contributed by atoms with E-state index in [1.807, 2.05) is 38.1 Å². The van der Waals surface area contributed by atoms with E-state index < -0.39 is 0 Å². The van der Waals surface area contributed by atoms with Gasteiger partial charge in [0, 0.05) is 11.8 Å². The Bertz CT molecular complexity index is 1190. The second kappa shape index (κ2) is 9.84. The zero-order valence-corrected chi connectivity index (χ0v) is 19.0. The standard InChI is InChI=1S/C22H20N4O4S2/c1-13-3-4-14(2)16(9-13)23-20(28)11-31-22-26-25-21(32-22)24-19(27)8-6-15-5-7-17-18(10-15)30-12-29-17/h3-10H,11-12H2,1-2H3,(H,23,28)(H,24,25,27)/b8-6-. The van der Waals surface area contributed by atoms with Gasteiger partial charge in [-0.25, -0.2) is 0 Å². The predicted molar refractivity (Wildman–Crippen MR) is 125 cm³/mol. The van der Waals surface area contributed by atoms with Crippen molar-refractivity contribution in [3.05, 3.63) is 59.2 Å². The molecule has 164 valence electrons. The maximum absolute atomic E-state index is 12.3. The molecule has 2 amide bonds. The van der Waals surface area contributed by atoms with Gasteiger partial charge in [0.15, 0.2) is 15.8 Å². The van der Waals surface area contributed by atoms with Gasteiger partial charge in [0.2, 0.25) is 23.7 Å². The van der Waals surface area contributed by atoms with Crippen molar-refractivity contribution >= 4 is 51.8 Å². The molecular formula is C22H20N4O4S2. The van der Waals surface area contributed by atoms with Gasteiger partial charge in [-0.3, -0.25) is 14.9 Å². The Labute approximate surface area is 193 Å². The van der Waals surface area contributed by atoms with Gasteiger partial charge < -0.3 is 14.8 Å². The maximum Gasteiger partial charge on any atom is 0.250 e. The number of carbonyl (C=O) groups is 2. The lowest BCUT2D eigenvalue weighted by Gasteiger charge is -2.08. The predicted octanol–water partition coefficient (Wildman–Crippen LogP) is 4.27. The van der Waals surface area contributed by atoms with Crippen LogP contribution in [0.4, 0.5) is 10.8 Å². The van der Waals surface area contributed by atoms with Crippen molar-refractivity contribution in [2.45, 2.75) is 18.2 Å². The SMILES string of the molecule is Cc1ccc(C)c(NC(=O)CSc2nnc(NC(=O)/C=C\c3ccc4c(c3)OCO4)s2)c1. The number of aryl methyl sites for hydroxylation is 2. The van der Waals surface area contributed by atoms with Crippen LogP contribution >= 0.6 is 23.1 Å². The zero-order valence-electron chi connectivity index (χ0n) is 17.4. The highest BCUT2D eigenvalue weighted by Gasteiger charge is 2.13. The Morgan fingerprint density at radius 3 is 2.81 bits per heavy atom. The Balaban J connectivity index is 1.26. The van der Waals surface area contributed by atoms with Gasteiger partial charge in [-0.1, -0.05) is 41.3 Å². The fraction of sp³-hybridized carbons (Fsp3) is 0.182. The van der Waals surface area contributed by atoms with Crippen LogP contribution in [-0.2, 0) is 9.59 Å². The molecule has 0 fully saturated rings. The summed E-state index contributed by atoms with van der Waals surface area (Å²) in [6.07, 6.45) is 3.08. The fourth-order valence-electron chi connectivity index (χ4n) is 2.84. The molecule has 0 saturated heterocycles. The molecular weight excluding hydrogens is 448 g/mol. The van der Waals surface area contributed by atoms with Gasteiger partial charge in [-0.15, -0.1) is 10.2 Å². The van der Waals surface area contributed by atoms with Crippen molar-refractivity contribution in [2.75, 3.05) is 23.2 Å². The molecule has 1 aliphatic heterocycles. The van der Waals surface area contributed by atoms with Gasteiger partial charge in [-0.2, -0.15) is 0 Å². The second-order valence-electron chi connectivity index (χ2n) is 6.96. The molecule has 2 heterocycles. The van der Waals surface area contributed by atoms with Crippen LogP contribution in [0.5, 0.6) is 11.5 Å². The van der Waals surface area contributed by atoms with Gasteiger partial charge in [0.05, 0.1) is 5.75 Å². The molecule has 0 unspecified atom stereocenters. The van der Waals surface area contributed by atoms with Crippen LogP contribution in [0.15, 0.2) is 46.8 Å². The number of hydrogen-bond donors (Lipinski definition) is 2. The minimum atomic E-state index is -0.331. The summed E-state index contributed by atoms with van der Waals surface area (Å²) in [5, 5.41) is 13.9. The number of anilines is 2. The van der Waals surface area contributed by atoms with Gasteiger partial charge in [0.25, 0.3) is 0 Å². The van der Waals surface area contributed by atoms with E-state index in [1.54, 1.807) is 18.2 Å². The maximum atomic E-state index is 12.3. The highest BCUT2D eigenvalue weighted by Crippen LogP contribution is 2.33. The monoisotopic (exact) mass is 468 g/mol. The molecule has 0 radical (unpaired) electrons. The summed E-state index contributed by atoms with van der Waals surface area (Å²) < 4.78 is 11.2. The summed E-state index contributed by atoms with van der Waals surface area (Å²) in [6.45, 7) is 4.13. The molecule has 4 rings (SSSR count). The van der Waals surface area contributed by atoms with Crippen molar-refractivity contribution in [3.8, 4) is 11.5 Å². The first-order valence-corrected chi connectivity index (χ1v) is 11.5. The van der Waals surface area contributed by atoms with Crippen molar-refractivity contribution < 1.29 is 19.1 Å². The highest BCUT2D eigenvalue weighted by molar-refractivity contribution is 8.01. The quantitative estimate of drug-likeness (QED) is 0.303. The molecule has 0 spiro atoms. The first-order chi connectivity index (χ1) is 15.5. The first-order valence-electron chi connectivity index (χ1n) is 9.68. The van der Waals surface area contributed by atoms with Gasteiger partial charge in [0.1, 0.15) is 0 Å². The van der Waals surface area contributed by atoms with Crippen LogP contribution in [0.1, 0.15) is 16.7 Å². The third-order valence-electron chi connectivity index (χ3n) is 4.45. The Morgan fingerprint density at radius 1 is 1.09 bits per heavy atom. The lowest BCUT2D eigenvalue weighted by Crippen LogP contribution is -2.14. The van der Waals surface area contributed by atoms with Crippen molar-refractivity contribution in [1.82, 2.24) is 10.2 Å². The lowest BCUT2D eigenvalue weighted by molar-refractivity contribution is -0.114. The molecule has 1 aliphatic rings. The molecule has 3 aromatic rings. The van der Waals surface area contributed by atoms with Crippen LogP contribution in [0, 0.1) is 13.8 Å². The topological polar surface area (TPSA) is 102 Å². The zero-order chi connectivity index (χ0) is 22.5. The molecule has 0 bridgehead atoms. The number of aromatic nitrogens is 2. The number of thioether (sulfide) groups is 1. The lowest BCUT2D eigenvalue weighted by atomic mass is 10.1. The molecule has 0 saturated carbocycles. The van der Waals surface area contributed by atoms with E-state index in [1.165, 1.54) is 29.2 Å². The summed E-state index contributed by atoms with van der Waals surface area (Å²) >= 11 is 2.48. The van der Waals surface area contributed by atoms with E-state index in [9.17, 15) is 9.59 Å². The van der Waals surface area contributed by atoms with E-state index in [-0.39, 0.29) is 24.4 Å². The number of fused-ring (bicyclic) bond motifs is 1. The van der Waals surface area contributed by atoms with Crippen LogP contribution in [-0.4, -0.2) is 34.6 Å².